The molecular weight excluding hydrogens is 556 g/mol. The van der Waals surface area contributed by atoms with Gasteiger partial charge >= 0.3 is 6.09 Å². The fourth-order valence-corrected chi connectivity index (χ4v) is 5.52. The molecular formula is C29H30ClF2N5O4. The fraction of sp³-hybridized carbons (Fsp3) is 0.379. The predicted octanol–water partition coefficient (Wildman–Crippen LogP) is 4.06. The Morgan fingerprint density at radius 2 is 1.63 bits per heavy atom. The van der Waals surface area contributed by atoms with Gasteiger partial charge in [-0.25, -0.2) is 18.3 Å². The summed E-state index contributed by atoms with van der Waals surface area (Å²) in [5.41, 5.74) is -0.0289. The molecule has 216 valence electrons. The lowest BCUT2D eigenvalue weighted by Gasteiger charge is -2.33. The summed E-state index contributed by atoms with van der Waals surface area (Å²) in [5.74, 6) is -1.96. The van der Waals surface area contributed by atoms with Crippen LogP contribution in [-0.2, 0) is 11.8 Å². The van der Waals surface area contributed by atoms with Crippen LogP contribution in [0.2, 0.25) is 5.02 Å². The van der Waals surface area contributed by atoms with Crippen LogP contribution in [0, 0.1) is 17.6 Å². The Labute approximate surface area is 240 Å². The molecule has 2 saturated heterocycles. The fourth-order valence-electron chi connectivity index (χ4n) is 5.39. The summed E-state index contributed by atoms with van der Waals surface area (Å²) in [7, 11) is 1.53. The van der Waals surface area contributed by atoms with Gasteiger partial charge in [-0.05, 0) is 54.8 Å². The van der Waals surface area contributed by atoms with Crippen LogP contribution in [0.4, 0.5) is 19.4 Å². The van der Waals surface area contributed by atoms with Crippen LogP contribution in [-0.4, -0.2) is 70.8 Å². The van der Waals surface area contributed by atoms with Gasteiger partial charge in [-0.1, -0.05) is 17.7 Å². The maximum atomic E-state index is 15.0. The highest BCUT2D eigenvalue weighted by Crippen LogP contribution is 2.37. The molecule has 2 aliphatic heterocycles. The van der Waals surface area contributed by atoms with Gasteiger partial charge in [0.2, 0.25) is 5.91 Å². The van der Waals surface area contributed by atoms with Crippen molar-refractivity contribution in [3.05, 3.63) is 87.2 Å². The summed E-state index contributed by atoms with van der Waals surface area (Å²) in [6.45, 7) is 2.04. The molecule has 0 bridgehead atoms. The molecule has 0 N–H and O–H groups in total. The number of halogens is 3. The minimum atomic E-state index is -0.716. The van der Waals surface area contributed by atoms with Crippen molar-refractivity contribution in [2.24, 2.45) is 13.0 Å². The van der Waals surface area contributed by atoms with Crippen molar-refractivity contribution in [3.63, 3.8) is 0 Å². The second-order valence-electron chi connectivity index (χ2n) is 10.3. The maximum absolute atomic E-state index is 15.0. The van der Waals surface area contributed by atoms with E-state index in [0.29, 0.717) is 42.5 Å². The molecule has 2 aliphatic rings. The first-order chi connectivity index (χ1) is 19.7. The van der Waals surface area contributed by atoms with Gasteiger partial charge in [-0.15, -0.1) is 0 Å². The molecule has 3 aromatic rings. The van der Waals surface area contributed by atoms with Gasteiger partial charge < -0.3 is 19.4 Å². The molecule has 2 atom stereocenters. The average molecular weight is 586 g/mol. The summed E-state index contributed by atoms with van der Waals surface area (Å²) < 4.78 is 35.4. The number of benzene rings is 2. The second-order valence-corrected chi connectivity index (χ2v) is 10.7. The molecule has 5 rings (SSSR count). The van der Waals surface area contributed by atoms with Gasteiger partial charge in [0.05, 0.1) is 5.92 Å². The topological polar surface area (TPSA) is 88.0 Å². The lowest BCUT2D eigenvalue weighted by Crippen LogP contribution is -2.47. The third-order valence-electron chi connectivity index (χ3n) is 7.60. The van der Waals surface area contributed by atoms with Crippen LogP contribution >= 0.6 is 11.6 Å². The Kier molecular flexibility index (Phi) is 8.53. The van der Waals surface area contributed by atoms with Crippen molar-refractivity contribution in [3.8, 4) is 5.75 Å². The van der Waals surface area contributed by atoms with Crippen molar-refractivity contribution in [1.82, 2.24) is 19.6 Å². The SMILES string of the molecule is Cn1nc(N2C[C@@H](C(=O)N3CCCCN(C(=O)Oc4ccc(Cl)cc4)CC3)[C@H](c3ccc(F)cc3F)C2)ccc1=O. The minimum absolute atomic E-state index is 0.182. The predicted molar refractivity (Wildman–Crippen MR) is 149 cm³/mol. The largest absolute Gasteiger partial charge is 0.415 e. The second kappa shape index (κ2) is 12.3. The summed E-state index contributed by atoms with van der Waals surface area (Å²) in [4.78, 5) is 43.9. The van der Waals surface area contributed by atoms with Crippen molar-refractivity contribution in [2.45, 2.75) is 18.8 Å². The number of hydrogen-bond donors (Lipinski definition) is 0. The standard InChI is InChI=1S/C29H30ClF2N5O4/c1-34-27(38)11-10-26(33-34)37-17-23(22-9-6-20(31)16-25(22)32)24(18-37)28(39)35-12-2-3-13-36(15-14-35)29(40)41-21-7-4-19(30)5-8-21/h4-11,16,23-24H,2-3,12-15,17-18H2,1H3/t23-,24+/m0/s1. The van der Waals surface area contributed by atoms with E-state index in [1.807, 2.05) is 4.90 Å². The van der Waals surface area contributed by atoms with E-state index in [9.17, 15) is 23.2 Å². The lowest BCUT2D eigenvalue weighted by atomic mass is 9.87. The number of anilines is 1. The van der Waals surface area contributed by atoms with E-state index in [2.05, 4.69) is 5.10 Å². The van der Waals surface area contributed by atoms with Gasteiger partial charge in [0.15, 0.2) is 0 Å². The molecule has 2 aromatic carbocycles. The highest BCUT2D eigenvalue weighted by molar-refractivity contribution is 6.30. The van der Waals surface area contributed by atoms with Crippen LogP contribution in [0.5, 0.6) is 5.75 Å². The zero-order valence-electron chi connectivity index (χ0n) is 22.5. The van der Waals surface area contributed by atoms with Crippen LogP contribution in [0.25, 0.3) is 0 Å². The quantitative estimate of drug-likeness (QED) is 0.459. The van der Waals surface area contributed by atoms with Crippen LogP contribution in [0.3, 0.4) is 0 Å². The van der Waals surface area contributed by atoms with Gasteiger partial charge in [0.1, 0.15) is 23.2 Å². The molecule has 9 nitrogen and oxygen atoms in total. The molecule has 0 unspecified atom stereocenters. The molecule has 0 aliphatic carbocycles. The molecule has 3 heterocycles. The Morgan fingerprint density at radius 1 is 0.927 bits per heavy atom. The van der Waals surface area contributed by atoms with E-state index in [1.165, 1.54) is 29.9 Å². The van der Waals surface area contributed by atoms with E-state index in [0.717, 1.165) is 6.07 Å². The molecule has 0 radical (unpaired) electrons. The number of carbonyl (C=O) groups excluding carboxylic acids is 2. The van der Waals surface area contributed by atoms with Crippen molar-refractivity contribution in [2.75, 3.05) is 44.2 Å². The number of rotatable bonds is 4. The molecule has 12 heteroatoms. The lowest BCUT2D eigenvalue weighted by molar-refractivity contribution is -0.135. The smallest absolute Gasteiger partial charge is 0.410 e. The average Bonchev–Trinajstić information content (AvgIpc) is 3.36. The number of carbonyl (C=O) groups is 2. The van der Waals surface area contributed by atoms with Gasteiger partial charge in [0.25, 0.3) is 5.56 Å². The number of aryl methyl sites for hydroxylation is 1. The van der Waals surface area contributed by atoms with Gasteiger partial charge in [-0.3, -0.25) is 9.59 Å². The van der Waals surface area contributed by atoms with Crippen molar-refractivity contribution >= 4 is 29.4 Å². The Balaban J connectivity index is 1.34. The van der Waals surface area contributed by atoms with E-state index < -0.39 is 29.6 Å². The van der Waals surface area contributed by atoms with Crippen molar-refractivity contribution < 1.29 is 23.1 Å². The first-order valence-electron chi connectivity index (χ1n) is 13.4. The normalized spacial score (nSPS) is 19.6. The third kappa shape index (κ3) is 6.51. The molecule has 0 saturated carbocycles. The third-order valence-corrected chi connectivity index (χ3v) is 7.86. The summed E-state index contributed by atoms with van der Waals surface area (Å²) >= 11 is 5.91. The molecule has 1 aromatic heterocycles. The zero-order valence-corrected chi connectivity index (χ0v) is 23.3. The van der Waals surface area contributed by atoms with E-state index in [4.69, 9.17) is 16.3 Å². The van der Waals surface area contributed by atoms with Crippen LogP contribution in [0.15, 0.2) is 59.4 Å². The number of ether oxygens (including phenoxy) is 1. The number of aromatic nitrogens is 2. The van der Waals surface area contributed by atoms with E-state index in [1.54, 1.807) is 40.1 Å². The van der Waals surface area contributed by atoms with E-state index >= 15 is 0 Å². The number of nitrogens with zero attached hydrogens (tertiary/aromatic N) is 5. The molecule has 2 fully saturated rings. The highest BCUT2D eigenvalue weighted by Gasteiger charge is 2.42. The molecule has 41 heavy (non-hydrogen) atoms. The monoisotopic (exact) mass is 585 g/mol. The van der Waals surface area contributed by atoms with Crippen molar-refractivity contribution in [1.29, 1.82) is 0 Å². The van der Waals surface area contributed by atoms with Crippen LogP contribution in [0.1, 0.15) is 24.3 Å². The molecule has 2 amide bonds. The number of amides is 2. The summed E-state index contributed by atoms with van der Waals surface area (Å²) in [6.07, 6.45) is 0.833. The summed E-state index contributed by atoms with van der Waals surface area (Å²) in [5, 5.41) is 4.84. The number of hydrogen-bond acceptors (Lipinski definition) is 6. The zero-order chi connectivity index (χ0) is 29.1. The minimum Gasteiger partial charge on any atom is -0.410 e. The Hall–Kier alpha value is -3.99. The maximum Gasteiger partial charge on any atom is 0.415 e. The van der Waals surface area contributed by atoms with Crippen LogP contribution < -0.4 is 15.2 Å². The first kappa shape index (κ1) is 28.5. The Morgan fingerprint density at radius 3 is 2.34 bits per heavy atom. The first-order valence-corrected chi connectivity index (χ1v) is 13.8. The molecule has 0 spiro atoms. The Bertz CT molecular complexity index is 1480. The van der Waals surface area contributed by atoms with Gasteiger partial charge in [-0.2, -0.15) is 5.10 Å². The summed E-state index contributed by atoms with van der Waals surface area (Å²) in [6, 6.07) is 12.9. The highest BCUT2D eigenvalue weighted by atomic mass is 35.5. The van der Waals surface area contributed by atoms with Gasteiger partial charge in [0, 0.05) is 69.4 Å². The van der Waals surface area contributed by atoms with E-state index in [-0.39, 0.29) is 43.2 Å².